The van der Waals surface area contributed by atoms with Gasteiger partial charge >= 0.3 is 5.97 Å². The molecule has 1 saturated heterocycles. The fraction of sp³-hybridized carbons (Fsp3) is 0.300. The first-order valence-electron chi connectivity index (χ1n) is 8.39. The lowest BCUT2D eigenvalue weighted by molar-refractivity contribution is -0.151. The number of carboxylic acids is 1. The van der Waals surface area contributed by atoms with E-state index in [1.165, 1.54) is 7.11 Å². The van der Waals surface area contributed by atoms with Gasteiger partial charge in [-0.3, -0.25) is 9.59 Å². The molecule has 26 heavy (non-hydrogen) atoms. The van der Waals surface area contributed by atoms with Crippen LogP contribution in [0.4, 0.5) is 0 Å². The van der Waals surface area contributed by atoms with Crippen LogP contribution in [0.15, 0.2) is 54.6 Å². The molecule has 136 valence electrons. The maximum absolute atomic E-state index is 13.0. The lowest BCUT2D eigenvalue weighted by Gasteiger charge is -2.24. The van der Waals surface area contributed by atoms with Crippen molar-refractivity contribution in [3.63, 3.8) is 0 Å². The number of benzene rings is 2. The molecule has 6 heteroatoms. The lowest BCUT2D eigenvalue weighted by atomic mass is 9.88. The summed E-state index contributed by atoms with van der Waals surface area (Å²) in [7, 11) is 1.47. The van der Waals surface area contributed by atoms with E-state index in [1.807, 2.05) is 30.3 Å². The smallest absolute Gasteiger partial charge is 0.313 e. The molecule has 1 heterocycles. The van der Waals surface area contributed by atoms with Gasteiger partial charge in [0.25, 0.3) is 5.91 Å². The second kappa shape index (κ2) is 7.58. The van der Waals surface area contributed by atoms with E-state index in [-0.39, 0.29) is 19.1 Å². The number of para-hydroxylation sites is 2. The van der Waals surface area contributed by atoms with Gasteiger partial charge in [0, 0.05) is 20.2 Å². The summed E-state index contributed by atoms with van der Waals surface area (Å²) < 4.78 is 10.9. The van der Waals surface area contributed by atoms with E-state index in [1.54, 1.807) is 29.2 Å². The van der Waals surface area contributed by atoms with Crippen LogP contribution in [-0.2, 0) is 9.53 Å². The minimum atomic E-state index is -1.06. The molecule has 0 spiro atoms. The predicted octanol–water partition coefficient (Wildman–Crippen LogP) is 3.04. The molecule has 0 radical (unpaired) electrons. The van der Waals surface area contributed by atoms with E-state index in [4.69, 9.17) is 9.47 Å². The molecule has 2 aromatic rings. The Morgan fingerprint density at radius 1 is 1.12 bits per heavy atom. The highest BCUT2D eigenvalue weighted by Crippen LogP contribution is 2.34. The molecule has 6 nitrogen and oxygen atoms in total. The Labute approximate surface area is 152 Å². The summed E-state index contributed by atoms with van der Waals surface area (Å²) in [5.74, 6) is -0.101. The van der Waals surface area contributed by atoms with E-state index in [0.29, 0.717) is 30.0 Å². The Morgan fingerprint density at radius 3 is 2.50 bits per heavy atom. The molecule has 0 aromatic heterocycles. The van der Waals surface area contributed by atoms with E-state index < -0.39 is 11.4 Å². The average molecular weight is 355 g/mol. The zero-order valence-corrected chi connectivity index (χ0v) is 14.6. The monoisotopic (exact) mass is 355 g/mol. The third-order valence-corrected chi connectivity index (χ3v) is 4.60. The normalized spacial score (nSPS) is 19.3. The second-order valence-corrected chi connectivity index (χ2v) is 6.41. The fourth-order valence-corrected chi connectivity index (χ4v) is 3.19. The van der Waals surface area contributed by atoms with Crippen LogP contribution in [0, 0.1) is 5.41 Å². The van der Waals surface area contributed by atoms with Crippen LogP contribution in [-0.4, -0.2) is 48.7 Å². The van der Waals surface area contributed by atoms with Gasteiger partial charge < -0.3 is 19.5 Å². The van der Waals surface area contributed by atoms with Gasteiger partial charge in [-0.25, -0.2) is 0 Å². The highest BCUT2D eigenvalue weighted by atomic mass is 16.5. The molecule has 1 aliphatic rings. The Morgan fingerprint density at radius 2 is 1.81 bits per heavy atom. The molecule has 1 aliphatic heterocycles. The number of likely N-dealkylation sites (tertiary alicyclic amines) is 1. The quantitative estimate of drug-likeness (QED) is 0.862. The Kier molecular flexibility index (Phi) is 5.23. The number of rotatable bonds is 6. The minimum Gasteiger partial charge on any atom is -0.481 e. The Balaban J connectivity index is 1.82. The number of hydrogen-bond donors (Lipinski definition) is 1. The molecular weight excluding hydrogens is 334 g/mol. The van der Waals surface area contributed by atoms with Crippen molar-refractivity contribution in [3.05, 3.63) is 60.2 Å². The summed E-state index contributed by atoms with van der Waals surface area (Å²) >= 11 is 0. The van der Waals surface area contributed by atoms with Crippen molar-refractivity contribution in [3.8, 4) is 11.5 Å². The minimum absolute atomic E-state index is 0.0777. The number of aliphatic carboxylic acids is 1. The van der Waals surface area contributed by atoms with E-state index in [0.717, 1.165) is 0 Å². The van der Waals surface area contributed by atoms with Gasteiger partial charge in [-0.1, -0.05) is 30.3 Å². The van der Waals surface area contributed by atoms with Crippen molar-refractivity contribution in [1.29, 1.82) is 0 Å². The standard InChI is InChI=1S/C20H21NO5/c1-25-14-20(19(23)24)11-12-21(13-20)18(22)16-9-5-6-10-17(16)26-15-7-3-2-4-8-15/h2-10H,11-14H2,1H3,(H,23,24). The first kappa shape index (κ1) is 17.9. The van der Waals surface area contributed by atoms with Gasteiger partial charge in [-0.15, -0.1) is 0 Å². The first-order chi connectivity index (χ1) is 12.6. The van der Waals surface area contributed by atoms with Crippen LogP contribution in [0.25, 0.3) is 0 Å². The van der Waals surface area contributed by atoms with Crippen LogP contribution in [0.2, 0.25) is 0 Å². The zero-order chi connectivity index (χ0) is 18.6. The van der Waals surface area contributed by atoms with E-state index >= 15 is 0 Å². The van der Waals surface area contributed by atoms with Crippen molar-refractivity contribution in [2.75, 3.05) is 26.8 Å². The number of methoxy groups -OCH3 is 1. The summed E-state index contributed by atoms with van der Waals surface area (Å²) in [6.45, 7) is 0.567. The Hall–Kier alpha value is -2.86. The number of carboxylic acid groups (broad SMARTS) is 1. The number of carbonyl (C=O) groups is 2. The molecule has 1 amide bonds. The zero-order valence-electron chi connectivity index (χ0n) is 14.6. The third kappa shape index (κ3) is 3.55. The molecule has 1 fully saturated rings. The van der Waals surface area contributed by atoms with E-state index in [2.05, 4.69) is 0 Å². The Bertz CT molecular complexity index is 792. The van der Waals surface area contributed by atoms with Crippen molar-refractivity contribution >= 4 is 11.9 Å². The predicted molar refractivity (Wildman–Crippen MR) is 95.4 cm³/mol. The number of ether oxygens (including phenoxy) is 2. The maximum atomic E-state index is 13.0. The van der Waals surface area contributed by atoms with Gasteiger partial charge in [0.2, 0.25) is 0 Å². The van der Waals surface area contributed by atoms with Crippen LogP contribution < -0.4 is 4.74 Å². The van der Waals surface area contributed by atoms with Crippen molar-refractivity contribution in [1.82, 2.24) is 4.90 Å². The molecule has 3 rings (SSSR count). The highest BCUT2D eigenvalue weighted by Gasteiger charge is 2.46. The molecule has 1 unspecified atom stereocenters. The summed E-state index contributed by atoms with van der Waals surface area (Å²) in [5, 5.41) is 9.57. The molecule has 0 saturated carbocycles. The number of amides is 1. The summed E-state index contributed by atoms with van der Waals surface area (Å²) in [5.41, 5.74) is -0.644. The van der Waals surface area contributed by atoms with Crippen molar-refractivity contribution < 1.29 is 24.2 Å². The highest BCUT2D eigenvalue weighted by molar-refractivity contribution is 5.97. The number of nitrogens with zero attached hydrogens (tertiary/aromatic N) is 1. The number of carbonyl (C=O) groups excluding carboxylic acids is 1. The van der Waals surface area contributed by atoms with Crippen LogP contribution in [0.1, 0.15) is 16.8 Å². The van der Waals surface area contributed by atoms with Gasteiger partial charge in [0.05, 0.1) is 12.2 Å². The van der Waals surface area contributed by atoms with Crippen LogP contribution in [0.3, 0.4) is 0 Å². The first-order valence-corrected chi connectivity index (χ1v) is 8.39. The second-order valence-electron chi connectivity index (χ2n) is 6.41. The van der Waals surface area contributed by atoms with Crippen molar-refractivity contribution in [2.24, 2.45) is 5.41 Å². The summed E-state index contributed by atoms with van der Waals surface area (Å²) in [6.07, 6.45) is 0.365. The average Bonchev–Trinajstić information content (AvgIpc) is 3.08. The van der Waals surface area contributed by atoms with E-state index in [9.17, 15) is 14.7 Å². The largest absolute Gasteiger partial charge is 0.481 e. The molecule has 1 N–H and O–H groups in total. The van der Waals surface area contributed by atoms with Crippen LogP contribution in [0.5, 0.6) is 11.5 Å². The van der Waals surface area contributed by atoms with Crippen molar-refractivity contribution in [2.45, 2.75) is 6.42 Å². The molecule has 0 bridgehead atoms. The molecule has 1 atom stereocenters. The molecular formula is C20H21NO5. The van der Waals surface area contributed by atoms with Gasteiger partial charge in [0.1, 0.15) is 16.9 Å². The van der Waals surface area contributed by atoms with Crippen LogP contribution >= 0.6 is 0 Å². The van der Waals surface area contributed by atoms with Gasteiger partial charge in [0.15, 0.2) is 0 Å². The topological polar surface area (TPSA) is 76.1 Å². The number of hydrogen-bond acceptors (Lipinski definition) is 4. The molecule has 0 aliphatic carbocycles. The third-order valence-electron chi connectivity index (χ3n) is 4.60. The molecule has 2 aromatic carbocycles. The van der Waals surface area contributed by atoms with Gasteiger partial charge in [-0.05, 0) is 30.7 Å². The summed E-state index contributed by atoms with van der Waals surface area (Å²) in [4.78, 5) is 26.2. The lowest BCUT2D eigenvalue weighted by Crippen LogP contribution is -2.40. The fourth-order valence-electron chi connectivity index (χ4n) is 3.19. The maximum Gasteiger partial charge on any atom is 0.313 e. The SMILES string of the molecule is COCC1(C(=O)O)CCN(C(=O)c2ccccc2Oc2ccccc2)C1. The summed E-state index contributed by atoms with van der Waals surface area (Å²) in [6, 6.07) is 16.2. The van der Waals surface area contributed by atoms with Gasteiger partial charge in [-0.2, -0.15) is 0 Å².